The zero-order valence-corrected chi connectivity index (χ0v) is 17.8. The number of rotatable bonds is 3. The predicted molar refractivity (Wildman–Crippen MR) is 110 cm³/mol. The molecule has 1 aliphatic carbocycles. The molecular formula is C22H24F3N3OS. The molecule has 2 aromatic rings. The van der Waals surface area contributed by atoms with Crippen molar-refractivity contribution < 1.29 is 18.0 Å². The van der Waals surface area contributed by atoms with Crippen LogP contribution in [0.2, 0.25) is 0 Å². The molecule has 8 heteroatoms. The van der Waals surface area contributed by atoms with E-state index in [-0.39, 0.29) is 34.8 Å². The van der Waals surface area contributed by atoms with Crippen LogP contribution in [-0.4, -0.2) is 39.1 Å². The second kappa shape index (κ2) is 8.21. The average Bonchev–Trinajstić information content (AvgIpc) is 2.70. The Hall–Kier alpha value is -2.09. The van der Waals surface area contributed by atoms with Gasteiger partial charge in [0.25, 0.3) is 0 Å². The number of likely N-dealkylation sites (tertiary alicyclic amines) is 1. The van der Waals surface area contributed by atoms with Crippen molar-refractivity contribution >= 4 is 17.7 Å². The number of carbonyl (C=O) groups excluding carboxylic acids is 1. The fourth-order valence-electron chi connectivity index (χ4n) is 4.44. The summed E-state index contributed by atoms with van der Waals surface area (Å²) in [5.41, 5.74) is 1.32. The number of halogens is 3. The number of benzene rings is 1. The first-order valence-corrected chi connectivity index (χ1v) is 11.2. The van der Waals surface area contributed by atoms with Crippen LogP contribution < -0.4 is 0 Å². The van der Waals surface area contributed by atoms with E-state index >= 15 is 0 Å². The lowest BCUT2D eigenvalue weighted by atomic mass is 9.88. The molecule has 0 radical (unpaired) electrons. The maximum atomic E-state index is 13.7. The molecule has 0 bridgehead atoms. The fraction of sp³-hybridized carbons (Fsp3) is 0.500. The average molecular weight is 436 g/mol. The van der Waals surface area contributed by atoms with E-state index in [0.29, 0.717) is 24.6 Å². The van der Waals surface area contributed by atoms with Crippen LogP contribution in [-0.2, 0) is 23.8 Å². The van der Waals surface area contributed by atoms with Crippen LogP contribution in [0.3, 0.4) is 0 Å². The van der Waals surface area contributed by atoms with Gasteiger partial charge in [0.15, 0.2) is 10.9 Å². The summed E-state index contributed by atoms with van der Waals surface area (Å²) in [6.45, 7) is 4.88. The second-order valence-corrected chi connectivity index (χ2v) is 9.13. The van der Waals surface area contributed by atoms with E-state index in [1.54, 1.807) is 12.1 Å². The number of amides is 1. The largest absolute Gasteiger partial charge is 0.433 e. The Morgan fingerprint density at radius 1 is 1.20 bits per heavy atom. The SMILES string of the molecule is CC1CCN(C(=O)CSc2nc3c(c(C(F)(F)F)n2)CCc2ccccc2-3)C(C)C1. The number of nitrogens with zero attached hydrogens (tertiary/aromatic N) is 3. The molecule has 2 atom stereocenters. The Kier molecular flexibility index (Phi) is 5.79. The maximum Gasteiger partial charge on any atom is 0.433 e. The highest BCUT2D eigenvalue weighted by atomic mass is 32.2. The summed E-state index contributed by atoms with van der Waals surface area (Å²) in [7, 11) is 0. The van der Waals surface area contributed by atoms with Crippen molar-refractivity contribution in [3.05, 3.63) is 41.1 Å². The molecule has 0 saturated carbocycles. The molecule has 1 aromatic carbocycles. The van der Waals surface area contributed by atoms with E-state index in [1.807, 2.05) is 24.0 Å². The molecule has 2 heterocycles. The summed E-state index contributed by atoms with van der Waals surface area (Å²) in [5.74, 6) is 0.543. The highest BCUT2D eigenvalue weighted by Gasteiger charge is 2.39. The van der Waals surface area contributed by atoms with E-state index in [9.17, 15) is 18.0 Å². The lowest BCUT2D eigenvalue weighted by Crippen LogP contribution is -2.45. The van der Waals surface area contributed by atoms with Gasteiger partial charge < -0.3 is 4.90 Å². The van der Waals surface area contributed by atoms with Crippen molar-refractivity contribution in [2.75, 3.05) is 12.3 Å². The Balaban J connectivity index is 1.61. The number of carbonyl (C=O) groups is 1. The molecule has 1 saturated heterocycles. The van der Waals surface area contributed by atoms with E-state index in [2.05, 4.69) is 16.9 Å². The third-order valence-electron chi connectivity index (χ3n) is 5.96. The van der Waals surface area contributed by atoms with Gasteiger partial charge in [0.2, 0.25) is 5.91 Å². The van der Waals surface area contributed by atoms with Crippen LogP contribution in [0, 0.1) is 5.92 Å². The van der Waals surface area contributed by atoms with Crippen LogP contribution in [0.25, 0.3) is 11.3 Å². The third kappa shape index (κ3) is 4.19. The predicted octanol–water partition coefficient (Wildman–Crippen LogP) is 5.00. The fourth-order valence-corrected chi connectivity index (χ4v) is 5.17. The summed E-state index contributed by atoms with van der Waals surface area (Å²) in [6, 6.07) is 7.55. The topological polar surface area (TPSA) is 46.1 Å². The minimum absolute atomic E-state index is 0.00385. The maximum absolute atomic E-state index is 13.7. The van der Waals surface area contributed by atoms with E-state index in [4.69, 9.17) is 0 Å². The van der Waals surface area contributed by atoms with Crippen molar-refractivity contribution in [3.8, 4) is 11.3 Å². The van der Waals surface area contributed by atoms with Gasteiger partial charge in [-0.3, -0.25) is 4.79 Å². The quantitative estimate of drug-likeness (QED) is 0.503. The van der Waals surface area contributed by atoms with Gasteiger partial charge in [-0.25, -0.2) is 9.97 Å². The van der Waals surface area contributed by atoms with Gasteiger partial charge in [-0.15, -0.1) is 0 Å². The van der Waals surface area contributed by atoms with Crippen molar-refractivity contribution in [2.24, 2.45) is 5.92 Å². The number of aromatic nitrogens is 2. The standard InChI is InChI=1S/C22H24F3N3OS/c1-13-9-10-28(14(2)11-13)18(29)12-30-21-26-19-16-6-4-3-5-15(16)7-8-17(19)20(27-21)22(23,24)25/h3-6,13-14H,7-12H2,1-2H3. The molecule has 4 nitrogen and oxygen atoms in total. The van der Waals surface area contributed by atoms with Gasteiger partial charge in [0.05, 0.1) is 11.4 Å². The molecule has 1 amide bonds. The summed E-state index contributed by atoms with van der Waals surface area (Å²) in [4.78, 5) is 22.8. The summed E-state index contributed by atoms with van der Waals surface area (Å²) in [6.07, 6.45) is -1.87. The number of aryl methyl sites for hydroxylation is 1. The Morgan fingerprint density at radius 3 is 2.70 bits per heavy atom. The monoisotopic (exact) mass is 435 g/mol. The third-order valence-corrected chi connectivity index (χ3v) is 6.79. The number of thioether (sulfide) groups is 1. The first kappa shape index (κ1) is 21.2. The molecular weight excluding hydrogens is 411 g/mol. The molecule has 1 aliphatic heterocycles. The number of hydrogen-bond acceptors (Lipinski definition) is 4. The normalized spacial score (nSPS) is 21.2. The van der Waals surface area contributed by atoms with E-state index < -0.39 is 11.9 Å². The van der Waals surface area contributed by atoms with Crippen LogP contribution in [0.5, 0.6) is 0 Å². The van der Waals surface area contributed by atoms with Crippen molar-refractivity contribution in [2.45, 2.75) is 56.9 Å². The molecule has 30 heavy (non-hydrogen) atoms. The molecule has 0 N–H and O–H groups in total. The van der Waals surface area contributed by atoms with Gasteiger partial charge in [-0.2, -0.15) is 13.2 Å². The van der Waals surface area contributed by atoms with Crippen molar-refractivity contribution in [3.63, 3.8) is 0 Å². The second-order valence-electron chi connectivity index (χ2n) is 8.19. The zero-order valence-electron chi connectivity index (χ0n) is 17.0. The first-order valence-electron chi connectivity index (χ1n) is 10.2. The number of alkyl halides is 3. The molecule has 1 aromatic heterocycles. The highest BCUT2D eigenvalue weighted by Crippen LogP contribution is 2.40. The minimum Gasteiger partial charge on any atom is -0.339 e. The van der Waals surface area contributed by atoms with Gasteiger partial charge in [-0.1, -0.05) is 43.0 Å². The lowest BCUT2D eigenvalue weighted by Gasteiger charge is -2.36. The number of piperidine rings is 1. The van der Waals surface area contributed by atoms with Crippen LogP contribution in [0.1, 0.15) is 43.5 Å². The Labute approximate surface area is 178 Å². The Morgan fingerprint density at radius 2 is 1.97 bits per heavy atom. The summed E-state index contributed by atoms with van der Waals surface area (Å²) >= 11 is 0.989. The van der Waals surface area contributed by atoms with E-state index in [0.717, 1.165) is 35.7 Å². The van der Waals surface area contributed by atoms with E-state index in [1.165, 1.54) is 0 Å². The molecule has 1 fully saturated rings. The first-order chi connectivity index (χ1) is 14.2. The van der Waals surface area contributed by atoms with Crippen molar-refractivity contribution in [1.29, 1.82) is 0 Å². The molecule has 2 unspecified atom stereocenters. The van der Waals surface area contributed by atoms with Gasteiger partial charge >= 0.3 is 6.18 Å². The minimum atomic E-state index is -4.56. The lowest BCUT2D eigenvalue weighted by molar-refractivity contribution is -0.142. The molecule has 0 spiro atoms. The summed E-state index contributed by atoms with van der Waals surface area (Å²) in [5, 5.41) is 0.00385. The summed E-state index contributed by atoms with van der Waals surface area (Å²) < 4.78 is 41.2. The Bertz CT molecular complexity index is 963. The highest BCUT2D eigenvalue weighted by molar-refractivity contribution is 7.99. The number of fused-ring (bicyclic) bond motifs is 3. The van der Waals surface area contributed by atoms with Crippen molar-refractivity contribution in [1.82, 2.24) is 14.9 Å². The van der Waals surface area contributed by atoms with Gasteiger partial charge in [0.1, 0.15) is 0 Å². The van der Waals surface area contributed by atoms with Crippen LogP contribution in [0.15, 0.2) is 29.4 Å². The smallest absolute Gasteiger partial charge is 0.339 e. The molecule has 2 aliphatic rings. The van der Waals surface area contributed by atoms with Gasteiger partial charge in [0, 0.05) is 23.7 Å². The van der Waals surface area contributed by atoms with Crippen LogP contribution >= 0.6 is 11.8 Å². The van der Waals surface area contributed by atoms with Crippen LogP contribution in [0.4, 0.5) is 13.2 Å². The zero-order chi connectivity index (χ0) is 21.5. The van der Waals surface area contributed by atoms with Gasteiger partial charge in [-0.05, 0) is 44.1 Å². The molecule has 4 rings (SSSR count). The number of hydrogen-bond donors (Lipinski definition) is 0. The molecule has 160 valence electrons.